The van der Waals surface area contributed by atoms with Crippen LogP contribution in [0.5, 0.6) is 5.75 Å². The van der Waals surface area contributed by atoms with Crippen molar-refractivity contribution < 1.29 is 28.5 Å². The zero-order valence-corrected chi connectivity index (χ0v) is 25.9. The van der Waals surface area contributed by atoms with Gasteiger partial charge in [0.05, 0.1) is 24.5 Å². The third-order valence-corrected chi connectivity index (χ3v) is 7.72. The maximum atomic E-state index is 13.9. The number of fused-ring (bicyclic) bond motifs is 2. The van der Waals surface area contributed by atoms with Crippen LogP contribution < -0.4 is 14.5 Å². The van der Waals surface area contributed by atoms with Crippen LogP contribution in [-0.4, -0.2) is 72.2 Å². The summed E-state index contributed by atoms with van der Waals surface area (Å²) in [7, 11) is 0. The third-order valence-electron chi connectivity index (χ3n) is 7.72. The highest BCUT2D eigenvalue weighted by atomic mass is 16.6. The molecule has 42 heavy (non-hydrogen) atoms. The number of rotatable bonds is 2. The number of amides is 2. The summed E-state index contributed by atoms with van der Waals surface area (Å²) < 4.78 is 23.5. The first-order valence-corrected chi connectivity index (χ1v) is 14.9. The van der Waals surface area contributed by atoms with Crippen molar-refractivity contribution in [3.63, 3.8) is 0 Å². The number of aromatic nitrogens is 1. The SMILES string of the molecule is CC1CC(c2ccc3c(c2)N(C(=O)OC(C)(C)C)c2nccc(N4CCOCC4)c2CO3)CCN1C(=O)OC(C)(C)C. The van der Waals surface area contributed by atoms with Gasteiger partial charge in [-0.3, -0.25) is 0 Å². The molecule has 0 aliphatic carbocycles. The zero-order valence-electron chi connectivity index (χ0n) is 25.9. The fraction of sp³-hybridized carbons (Fsp3) is 0.594. The van der Waals surface area contributed by atoms with E-state index >= 15 is 0 Å². The molecule has 4 heterocycles. The molecule has 2 saturated heterocycles. The van der Waals surface area contributed by atoms with E-state index < -0.39 is 17.3 Å². The quantitative estimate of drug-likeness (QED) is 0.404. The minimum absolute atomic E-state index is 0.00842. The standard InChI is InChI=1S/C32H44N4O6/c1-21-18-23(11-13-35(21)29(37)41-31(2,3)4)22-8-9-27-26(19-22)36(30(38)42-32(5,6)7)28-24(20-40-27)25(10-12-33-28)34-14-16-39-17-15-34/h8-10,12,19,21,23H,11,13-18,20H2,1-7H3. The van der Waals surface area contributed by atoms with Gasteiger partial charge in [-0.05, 0) is 91.0 Å². The topological polar surface area (TPSA) is 93.7 Å². The predicted molar refractivity (Wildman–Crippen MR) is 161 cm³/mol. The molecule has 0 saturated carbocycles. The molecule has 1 aromatic carbocycles. The highest BCUT2D eigenvalue weighted by Crippen LogP contribution is 2.44. The Morgan fingerprint density at radius 1 is 0.929 bits per heavy atom. The Balaban J connectivity index is 1.49. The summed E-state index contributed by atoms with van der Waals surface area (Å²) in [5, 5.41) is 0. The van der Waals surface area contributed by atoms with Gasteiger partial charge in [0.15, 0.2) is 5.82 Å². The molecule has 228 valence electrons. The van der Waals surface area contributed by atoms with Gasteiger partial charge in [-0.2, -0.15) is 0 Å². The van der Waals surface area contributed by atoms with E-state index in [1.165, 1.54) is 0 Å². The number of benzene rings is 1. The highest BCUT2D eigenvalue weighted by molar-refractivity contribution is 5.99. The summed E-state index contributed by atoms with van der Waals surface area (Å²) in [5.41, 5.74) is 2.26. The summed E-state index contributed by atoms with van der Waals surface area (Å²) in [6.07, 6.45) is 2.52. The number of morpholine rings is 1. The van der Waals surface area contributed by atoms with Gasteiger partial charge in [-0.15, -0.1) is 0 Å². The number of anilines is 3. The van der Waals surface area contributed by atoms with Gasteiger partial charge in [0.25, 0.3) is 0 Å². The Bertz CT molecular complexity index is 1310. The molecule has 1 aromatic heterocycles. The monoisotopic (exact) mass is 580 g/mol. The molecule has 0 N–H and O–H groups in total. The Morgan fingerprint density at radius 2 is 1.62 bits per heavy atom. The first kappa shape index (κ1) is 29.9. The Kier molecular flexibility index (Phi) is 8.29. The largest absolute Gasteiger partial charge is 0.486 e. The molecule has 0 radical (unpaired) electrons. The van der Waals surface area contributed by atoms with Gasteiger partial charge in [-0.25, -0.2) is 19.5 Å². The van der Waals surface area contributed by atoms with Crippen molar-refractivity contribution in [3.05, 3.63) is 41.6 Å². The van der Waals surface area contributed by atoms with Crippen LogP contribution in [0.3, 0.4) is 0 Å². The predicted octanol–water partition coefficient (Wildman–Crippen LogP) is 6.39. The van der Waals surface area contributed by atoms with E-state index in [0.29, 0.717) is 37.0 Å². The second-order valence-corrected chi connectivity index (χ2v) is 13.3. The van der Waals surface area contributed by atoms with Gasteiger partial charge < -0.3 is 28.7 Å². The molecule has 2 aromatic rings. The van der Waals surface area contributed by atoms with Crippen molar-refractivity contribution in [2.75, 3.05) is 42.6 Å². The van der Waals surface area contributed by atoms with E-state index in [-0.39, 0.29) is 24.7 Å². The van der Waals surface area contributed by atoms with Gasteiger partial charge in [0, 0.05) is 37.6 Å². The Labute approximate surface area is 248 Å². The van der Waals surface area contributed by atoms with Crippen LogP contribution in [-0.2, 0) is 20.8 Å². The second-order valence-electron chi connectivity index (χ2n) is 13.3. The maximum Gasteiger partial charge on any atom is 0.420 e. The number of likely N-dealkylation sites (tertiary alicyclic amines) is 1. The fourth-order valence-corrected chi connectivity index (χ4v) is 5.81. The summed E-state index contributed by atoms with van der Waals surface area (Å²) in [5.74, 6) is 1.30. The number of ether oxygens (including phenoxy) is 4. The van der Waals surface area contributed by atoms with Crippen molar-refractivity contribution in [2.24, 2.45) is 0 Å². The van der Waals surface area contributed by atoms with Crippen molar-refractivity contribution in [3.8, 4) is 5.75 Å². The first-order valence-electron chi connectivity index (χ1n) is 14.9. The molecular formula is C32H44N4O6. The average Bonchev–Trinajstić information content (AvgIpc) is 3.08. The fourth-order valence-electron chi connectivity index (χ4n) is 5.81. The molecule has 3 aliphatic rings. The summed E-state index contributed by atoms with van der Waals surface area (Å²) in [4.78, 5) is 37.0. The number of carbonyl (C=O) groups excluding carboxylic acids is 2. The van der Waals surface area contributed by atoms with Gasteiger partial charge in [-0.1, -0.05) is 6.07 Å². The number of piperidine rings is 1. The molecule has 0 bridgehead atoms. The summed E-state index contributed by atoms with van der Waals surface area (Å²) >= 11 is 0. The Hall–Kier alpha value is -3.53. The van der Waals surface area contributed by atoms with Crippen LogP contribution in [0.2, 0.25) is 0 Å². The minimum atomic E-state index is -0.700. The molecule has 10 nitrogen and oxygen atoms in total. The molecule has 2 fully saturated rings. The van der Waals surface area contributed by atoms with Crippen LogP contribution in [0.15, 0.2) is 30.5 Å². The summed E-state index contributed by atoms with van der Waals surface area (Å²) in [6.45, 7) is 16.9. The second kappa shape index (κ2) is 11.6. The van der Waals surface area contributed by atoms with Crippen LogP contribution in [0.1, 0.15) is 78.4 Å². The van der Waals surface area contributed by atoms with Crippen molar-refractivity contribution in [1.82, 2.24) is 9.88 Å². The van der Waals surface area contributed by atoms with Gasteiger partial charge in [0.2, 0.25) is 0 Å². The molecular weight excluding hydrogens is 536 g/mol. The minimum Gasteiger partial charge on any atom is -0.486 e. The number of hydrogen-bond acceptors (Lipinski definition) is 8. The molecule has 0 spiro atoms. The average molecular weight is 581 g/mol. The lowest BCUT2D eigenvalue weighted by molar-refractivity contribution is 0.0103. The van der Waals surface area contributed by atoms with E-state index in [0.717, 1.165) is 42.7 Å². The molecule has 2 unspecified atom stereocenters. The van der Waals surface area contributed by atoms with Crippen molar-refractivity contribution >= 4 is 29.4 Å². The number of carbonyl (C=O) groups is 2. The van der Waals surface area contributed by atoms with Crippen molar-refractivity contribution in [1.29, 1.82) is 0 Å². The molecule has 2 amide bonds. The summed E-state index contributed by atoms with van der Waals surface area (Å²) in [6, 6.07) is 8.01. The normalized spacial score (nSPS) is 21.1. The lowest BCUT2D eigenvalue weighted by Gasteiger charge is -2.38. The molecule has 3 aliphatic heterocycles. The lowest BCUT2D eigenvalue weighted by atomic mass is 9.85. The number of hydrogen-bond donors (Lipinski definition) is 0. The zero-order chi connectivity index (χ0) is 30.2. The van der Waals surface area contributed by atoms with Gasteiger partial charge in [0.1, 0.15) is 23.6 Å². The van der Waals surface area contributed by atoms with E-state index in [1.54, 1.807) is 11.1 Å². The van der Waals surface area contributed by atoms with Crippen molar-refractivity contribution in [2.45, 2.75) is 91.1 Å². The Morgan fingerprint density at radius 3 is 2.29 bits per heavy atom. The van der Waals surface area contributed by atoms with Crippen LogP contribution in [0, 0.1) is 0 Å². The molecule has 10 heteroatoms. The molecule has 2 atom stereocenters. The highest BCUT2D eigenvalue weighted by Gasteiger charge is 2.36. The van der Waals surface area contributed by atoms with Crippen LogP contribution >= 0.6 is 0 Å². The van der Waals surface area contributed by atoms with Crippen LogP contribution in [0.4, 0.5) is 26.8 Å². The number of pyridine rings is 1. The lowest BCUT2D eigenvalue weighted by Crippen LogP contribution is -2.46. The van der Waals surface area contributed by atoms with Gasteiger partial charge >= 0.3 is 12.2 Å². The first-order chi connectivity index (χ1) is 19.8. The van der Waals surface area contributed by atoms with E-state index in [4.69, 9.17) is 23.9 Å². The molecule has 5 rings (SSSR count). The van der Waals surface area contributed by atoms with E-state index in [1.807, 2.05) is 64.6 Å². The smallest absolute Gasteiger partial charge is 0.420 e. The number of nitrogens with zero attached hydrogens (tertiary/aromatic N) is 4. The van der Waals surface area contributed by atoms with Crippen LogP contribution in [0.25, 0.3) is 0 Å². The van der Waals surface area contributed by atoms with E-state index in [9.17, 15) is 9.59 Å². The van der Waals surface area contributed by atoms with E-state index in [2.05, 4.69) is 17.9 Å². The third kappa shape index (κ3) is 6.59. The maximum absolute atomic E-state index is 13.9.